The standard InChI is InChI=1S/C36H41N5O3S/c1-24(2)35-38-39-36(45-35)26-13-15-30(16-14-26)44-32-21-27(11-12-28(32)23-41-18-7-10-33(41)42)34(43)37-31-17-19-40(3)22-29(31)20-25-8-5-4-6-9-25/h4-6,8-9,11-16,21,24,29,31H,7,10,17-20,22-23H2,1-3H3,(H,37,43)/t29-,31+/m0/s1. The first-order chi connectivity index (χ1) is 21.8. The molecule has 6 rings (SSSR count). The molecule has 1 aromatic heterocycles. The van der Waals surface area contributed by atoms with Crippen LogP contribution in [0.2, 0.25) is 0 Å². The average molecular weight is 624 g/mol. The molecule has 4 aromatic rings. The summed E-state index contributed by atoms with van der Waals surface area (Å²) in [6.45, 7) is 7.28. The van der Waals surface area contributed by atoms with Crippen LogP contribution in [0.3, 0.4) is 0 Å². The maximum atomic E-state index is 13.7. The molecule has 2 amide bonds. The van der Waals surface area contributed by atoms with Crippen LogP contribution in [0.4, 0.5) is 0 Å². The summed E-state index contributed by atoms with van der Waals surface area (Å²) < 4.78 is 6.43. The van der Waals surface area contributed by atoms with Crippen molar-refractivity contribution in [1.29, 1.82) is 0 Å². The zero-order chi connectivity index (χ0) is 31.3. The Balaban J connectivity index is 1.21. The second-order valence-electron chi connectivity index (χ2n) is 12.5. The highest BCUT2D eigenvalue weighted by Crippen LogP contribution is 2.33. The number of rotatable bonds is 10. The first kappa shape index (κ1) is 30.9. The van der Waals surface area contributed by atoms with Gasteiger partial charge in [-0.2, -0.15) is 0 Å². The maximum absolute atomic E-state index is 13.7. The molecule has 45 heavy (non-hydrogen) atoms. The topological polar surface area (TPSA) is 87.7 Å². The van der Waals surface area contributed by atoms with E-state index in [1.807, 2.05) is 53.4 Å². The Bertz CT molecular complexity index is 1620. The molecule has 2 fully saturated rings. The number of benzene rings is 3. The first-order valence-electron chi connectivity index (χ1n) is 15.9. The van der Waals surface area contributed by atoms with Gasteiger partial charge < -0.3 is 19.9 Å². The van der Waals surface area contributed by atoms with E-state index in [-0.39, 0.29) is 17.9 Å². The highest BCUT2D eigenvalue weighted by molar-refractivity contribution is 7.14. The molecule has 2 aliphatic rings. The number of nitrogens with zero attached hydrogens (tertiary/aromatic N) is 4. The van der Waals surface area contributed by atoms with Gasteiger partial charge in [0.2, 0.25) is 5.91 Å². The van der Waals surface area contributed by atoms with Gasteiger partial charge >= 0.3 is 0 Å². The van der Waals surface area contributed by atoms with Gasteiger partial charge in [0.1, 0.15) is 21.5 Å². The lowest BCUT2D eigenvalue weighted by molar-refractivity contribution is -0.128. The molecule has 2 saturated heterocycles. The smallest absolute Gasteiger partial charge is 0.251 e. The zero-order valence-corrected chi connectivity index (χ0v) is 27.1. The Labute approximate surface area is 269 Å². The fourth-order valence-corrected chi connectivity index (χ4v) is 7.01. The zero-order valence-electron chi connectivity index (χ0n) is 26.2. The summed E-state index contributed by atoms with van der Waals surface area (Å²) >= 11 is 1.60. The van der Waals surface area contributed by atoms with Crippen molar-refractivity contribution in [2.75, 3.05) is 26.7 Å². The van der Waals surface area contributed by atoms with Gasteiger partial charge in [-0.1, -0.05) is 61.6 Å². The van der Waals surface area contributed by atoms with Crippen molar-refractivity contribution in [2.45, 2.75) is 58.0 Å². The molecule has 0 spiro atoms. The average Bonchev–Trinajstić information content (AvgIpc) is 3.70. The van der Waals surface area contributed by atoms with Gasteiger partial charge in [-0.25, -0.2) is 0 Å². The van der Waals surface area contributed by atoms with Crippen LogP contribution in [0.25, 0.3) is 10.6 Å². The van der Waals surface area contributed by atoms with Crippen LogP contribution in [0.5, 0.6) is 11.5 Å². The van der Waals surface area contributed by atoms with Gasteiger partial charge in [-0.05, 0) is 80.7 Å². The molecule has 0 bridgehead atoms. The summed E-state index contributed by atoms with van der Waals surface area (Å²) in [5, 5.41) is 13.9. The van der Waals surface area contributed by atoms with E-state index in [9.17, 15) is 9.59 Å². The first-order valence-corrected chi connectivity index (χ1v) is 16.7. The lowest BCUT2D eigenvalue weighted by Crippen LogP contribution is -2.50. The molecule has 0 radical (unpaired) electrons. The molecular weight excluding hydrogens is 582 g/mol. The SMILES string of the molecule is CC(C)c1nnc(-c2ccc(Oc3cc(C(=O)N[C@@H]4CCN(C)C[C@@H]4Cc4ccccc4)ccc3CN3CCCC3=O)cc2)s1. The molecular formula is C36H41N5O3S. The summed E-state index contributed by atoms with van der Waals surface area (Å²) in [4.78, 5) is 30.4. The molecule has 0 unspecified atom stereocenters. The van der Waals surface area contributed by atoms with Crippen molar-refractivity contribution in [3.63, 3.8) is 0 Å². The number of amides is 2. The molecule has 234 valence electrons. The predicted octanol–water partition coefficient (Wildman–Crippen LogP) is 6.54. The van der Waals surface area contributed by atoms with Crippen LogP contribution >= 0.6 is 11.3 Å². The number of carbonyl (C=O) groups excluding carboxylic acids is 2. The van der Waals surface area contributed by atoms with Gasteiger partial charge in [0.15, 0.2) is 0 Å². The largest absolute Gasteiger partial charge is 0.457 e. The van der Waals surface area contributed by atoms with Crippen molar-refractivity contribution in [3.8, 4) is 22.1 Å². The van der Waals surface area contributed by atoms with E-state index in [1.54, 1.807) is 11.3 Å². The van der Waals surface area contributed by atoms with Crippen molar-refractivity contribution >= 4 is 23.2 Å². The Kier molecular flexibility index (Phi) is 9.56. The molecule has 0 saturated carbocycles. The molecule has 1 N–H and O–H groups in total. The normalized spacial score (nSPS) is 18.8. The summed E-state index contributed by atoms with van der Waals surface area (Å²) in [6, 6.07) is 23.9. The maximum Gasteiger partial charge on any atom is 0.251 e. The summed E-state index contributed by atoms with van der Waals surface area (Å²) in [5.41, 5.74) is 3.68. The fraction of sp³-hybridized carbons (Fsp3) is 0.389. The second-order valence-corrected chi connectivity index (χ2v) is 13.6. The Morgan fingerprint density at radius 1 is 1.04 bits per heavy atom. The van der Waals surface area contributed by atoms with Crippen LogP contribution < -0.4 is 10.1 Å². The minimum Gasteiger partial charge on any atom is -0.457 e. The van der Waals surface area contributed by atoms with Crippen LogP contribution in [0.1, 0.15) is 65.5 Å². The van der Waals surface area contributed by atoms with Crippen molar-refractivity contribution < 1.29 is 14.3 Å². The molecule has 3 aromatic carbocycles. The van der Waals surface area contributed by atoms with Crippen LogP contribution in [0, 0.1) is 5.92 Å². The third-order valence-corrected chi connectivity index (χ3v) is 9.99. The lowest BCUT2D eigenvalue weighted by Gasteiger charge is -2.37. The number of carbonyl (C=O) groups is 2. The third-order valence-electron chi connectivity index (χ3n) is 8.72. The molecule has 8 nitrogen and oxygen atoms in total. The molecule has 3 heterocycles. The van der Waals surface area contributed by atoms with Crippen molar-refractivity contribution in [1.82, 2.24) is 25.3 Å². The van der Waals surface area contributed by atoms with E-state index in [0.717, 1.165) is 60.0 Å². The fourth-order valence-electron chi connectivity index (χ4n) is 6.15. The number of ether oxygens (including phenoxy) is 1. The number of piperidine rings is 1. The van der Waals surface area contributed by atoms with E-state index in [1.165, 1.54) is 5.56 Å². The minimum atomic E-state index is -0.108. The highest BCUT2D eigenvalue weighted by Gasteiger charge is 2.30. The minimum absolute atomic E-state index is 0.0734. The number of aromatic nitrogens is 2. The Hall–Kier alpha value is -4.08. The summed E-state index contributed by atoms with van der Waals surface area (Å²) in [7, 11) is 2.15. The predicted molar refractivity (Wildman–Crippen MR) is 178 cm³/mol. The third kappa shape index (κ3) is 7.60. The number of hydrogen-bond acceptors (Lipinski definition) is 7. The second kappa shape index (κ2) is 13.9. The van der Waals surface area contributed by atoms with Gasteiger partial charge in [0, 0.05) is 54.7 Å². The molecule has 9 heteroatoms. The van der Waals surface area contributed by atoms with E-state index in [4.69, 9.17) is 4.74 Å². The van der Waals surface area contributed by atoms with Gasteiger partial charge in [0.05, 0.1) is 0 Å². The molecule has 0 aliphatic carbocycles. The Morgan fingerprint density at radius 2 is 1.84 bits per heavy atom. The monoisotopic (exact) mass is 623 g/mol. The van der Waals surface area contributed by atoms with E-state index in [2.05, 4.69) is 65.6 Å². The van der Waals surface area contributed by atoms with Gasteiger partial charge in [-0.3, -0.25) is 9.59 Å². The lowest BCUT2D eigenvalue weighted by atomic mass is 9.86. The van der Waals surface area contributed by atoms with Crippen molar-refractivity contribution in [2.24, 2.45) is 5.92 Å². The number of likely N-dealkylation sites (tertiary alicyclic amines) is 2. The highest BCUT2D eigenvalue weighted by atomic mass is 32.1. The van der Waals surface area contributed by atoms with Crippen LogP contribution in [0.15, 0.2) is 72.8 Å². The van der Waals surface area contributed by atoms with E-state index in [0.29, 0.717) is 41.9 Å². The molecule has 2 aliphatic heterocycles. The van der Waals surface area contributed by atoms with Crippen LogP contribution in [-0.2, 0) is 17.8 Å². The number of hydrogen-bond donors (Lipinski definition) is 1. The van der Waals surface area contributed by atoms with E-state index < -0.39 is 0 Å². The van der Waals surface area contributed by atoms with E-state index >= 15 is 0 Å². The molecule has 2 atom stereocenters. The van der Waals surface area contributed by atoms with Crippen molar-refractivity contribution in [3.05, 3.63) is 94.5 Å². The quantitative estimate of drug-likeness (QED) is 0.216. The Morgan fingerprint density at radius 3 is 2.56 bits per heavy atom. The van der Waals surface area contributed by atoms with Crippen LogP contribution in [-0.4, -0.2) is 64.5 Å². The summed E-state index contributed by atoms with van der Waals surface area (Å²) in [5.74, 6) is 1.92. The number of nitrogens with one attached hydrogen (secondary N) is 1. The van der Waals surface area contributed by atoms with Gasteiger partial charge in [-0.15, -0.1) is 10.2 Å². The summed E-state index contributed by atoms with van der Waals surface area (Å²) in [6.07, 6.45) is 3.25. The van der Waals surface area contributed by atoms with Gasteiger partial charge in [0.25, 0.3) is 5.91 Å².